The van der Waals surface area contributed by atoms with Crippen LogP contribution in [0.1, 0.15) is 16.8 Å². The van der Waals surface area contributed by atoms with Crippen LogP contribution >= 0.6 is 22.0 Å². The topological polar surface area (TPSA) is 56.3 Å². The lowest BCUT2D eigenvalue weighted by Gasteiger charge is -2.09. The highest BCUT2D eigenvalue weighted by atomic mass is 35.7. The van der Waals surface area contributed by atoms with Crippen LogP contribution in [0.5, 0.6) is 11.5 Å². The lowest BCUT2D eigenvalue weighted by atomic mass is 10.1. The van der Waals surface area contributed by atoms with Gasteiger partial charge in [-0.05, 0) is 62.2 Å². The summed E-state index contributed by atoms with van der Waals surface area (Å²) in [6.07, 6.45) is 0. The minimum atomic E-state index is -3.77. The van der Waals surface area contributed by atoms with Crippen molar-refractivity contribution in [3.63, 3.8) is 0 Å². The molecule has 0 saturated heterocycles. The molecule has 0 spiro atoms. The molecule has 0 atom stereocenters. The molecule has 0 aliphatic carbocycles. The molecule has 0 saturated carbocycles. The number of aromatic nitrogens is 1. The summed E-state index contributed by atoms with van der Waals surface area (Å²) < 4.78 is 29.1. The van der Waals surface area contributed by atoms with Crippen LogP contribution in [0.4, 0.5) is 0 Å². The van der Waals surface area contributed by atoms with Gasteiger partial charge < -0.3 is 4.74 Å². The maximum atomic E-state index is 11.5. The molecule has 3 rings (SSSR count). The van der Waals surface area contributed by atoms with Crippen molar-refractivity contribution in [2.75, 3.05) is 0 Å². The maximum Gasteiger partial charge on any atom is 0.272 e. The quantitative estimate of drug-likeness (QED) is 0.552. The number of hydrogen-bond acceptors (Lipinski definition) is 5. The zero-order chi connectivity index (χ0) is 18.2. The number of halogens is 1. The van der Waals surface area contributed by atoms with Gasteiger partial charge in [0, 0.05) is 16.2 Å². The predicted molar refractivity (Wildman–Crippen MR) is 101 cm³/mol. The fourth-order valence-corrected chi connectivity index (χ4v) is 4.80. The molecule has 25 heavy (non-hydrogen) atoms. The molecule has 2 aromatic carbocycles. The standard InChI is InChI=1S/C18H16ClNO3S2/c1-11-4-5-12(2)16(10-11)23-15-8-6-14(7-9-15)17-20-13(3)18(24-17)25(19,21)22/h4-10H,1-3H3. The average Bonchev–Trinajstić information content (AvgIpc) is 2.94. The SMILES string of the molecule is Cc1ccc(C)c(Oc2ccc(-c3nc(C)c(S(=O)(=O)Cl)s3)cc2)c1. The summed E-state index contributed by atoms with van der Waals surface area (Å²) >= 11 is 1.06. The van der Waals surface area contributed by atoms with Gasteiger partial charge in [0.1, 0.15) is 16.5 Å². The van der Waals surface area contributed by atoms with Gasteiger partial charge in [0.15, 0.2) is 4.21 Å². The number of thiazole rings is 1. The average molecular weight is 394 g/mol. The number of hydrogen-bond donors (Lipinski definition) is 0. The Balaban J connectivity index is 1.87. The summed E-state index contributed by atoms with van der Waals surface area (Å²) in [5.41, 5.74) is 3.41. The normalized spacial score (nSPS) is 11.5. The highest BCUT2D eigenvalue weighted by molar-refractivity contribution is 8.15. The fourth-order valence-electron chi connectivity index (χ4n) is 2.34. The first-order valence-electron chi connectivity index (χ1n) is 7.51. The number of aryl methyl sites for hydroxylation is 3. The third-order valence-electron chi connectivity index (χ3n) is 3.65. The van der Waals surface area contributed by atoms with E-state index in [0.29, 0.717) is 16.5 Å². The first kappa shape index (κ1) is 17.9. The first-order valence-corrected chi connectivity index (χ1v) is 10.6. The van der Waals surface area contributed by atoms with Gasteiger partial charge in [0.2, 0.25) is 0 Å². The third kappa shape index (κ3) is 4.03. The number of ether oxygens (including phenoxy) is 1. The Morgan fingerprint density at radius 3 is 2.32 bits per heavy atom. The van der Waals surface area contributed by atoms with Gasteiger partial charge in [-0.25, -0.2) is 13.4 Å². The Hall–Kier alpha value is -1.89. The molecule has 0 fully saturated rings. The molecule has 0 bridgehead atoms. The van der Waals surface area contributed by atoms with E-state index in [9.17, 15) is 8.42 Å². The smallest absolute Gasteiger partial charge is 0.272 e. The van der Waals surface area contributed by atoms with Crippen LogP contribution < -0.4 is 4.74 Å². The van der Waals surface area contributed by atoms with Gasteiger partial charge in [-0.1, -0.05) is 12.1 Å². The van der Waals surface area contributed by atoms with Crippen LogP contribution in [-0.4, -0.2) is 13.4 Å². The molecule has 3 aromatic rings. The molecule has 130 valence electrons. The van der Waals surface area contributed by atoms with E-state index in [2.05, 4.69) is 4.98 Å². The van der Waals surface area contributed by atoms with Crippen LogP contribution in [0.25, 0.3) is 10.6 Å². The van der Waals surface area contributed by atoms with Crippen molar-refractivity contribution in [2.45, 2.75) is 25.0 Å². The molecule has 4 nitrogen and oxygen atoms in total. The second-order valence-electron chi connectivity index (χ2n) is 5.73. The summed E-state index contributed by atoms with van der Waals surface area (Å²) in [5, 5.41) is 0.606. The van der Waals surface area contributed by atoms with Gasteiger partial charge in [0.25, 0.3) is 9.05 Å². The molecule has 1 heterocycles. The van der Waals surface area contributed by atoms with Gasteiger partial charge in [0.05, 0.1) is 5.69 Å². The van der Waals surface area contributed by atoms with E-state index in [1.54, 1.807) is 6.92 Å². The molecule has 1 aromatic heterocycles. The minimum absolute atomic E-state index is 0.0832. The number of rotatable bonds is 4. The number of nitrogens with zero attached hydrogens (tertiary/aromatic N) is 1. The zero-order valence-electron chi connectivity index (χ0n) is 13.9. The van der Waals surface area contributed by atoms with E-state index in [0.717, 1.165) is 33.8 Å². The van der Waals surface area contributed by atoms with E-state index in [1.165, 1.54) is 0 Å². The van der Waals surface area contributed by atoms with Crippen LogP contribution in [0.2, 0.25) is 0 Å². The van der Waals surface area contributed by atoms with Crippen LogP contribution in [0.15, 0.2) is 46.7 Å². The molecular formula is C18H16ClNO3S2. The highest BCUT2D eigenvalue weighted by Crippen LogP contribution is 2.34. The zero-order valence-corrected chi connectivity index (χ0v) is 16.3. The van der Waals surface area contributed by atoms with Gasteiger partial charge in [-0.15, -0.1) is 11.3 Å². The van der Waals surface area contributed by atoms with E-state index in [1.807, 2.05) is 56.3 Å². The summed E-state index contributed by atoms with van der Waals surface area (Å²) in [4.78, 5) is 4.30. The molecule has 0 unspecified atom stereocenters. The lowest BCUT2D eigenvalue weighted by molar-refractivity contribution is 0.478. The van der Waals surface area contributed by atoms with Crippen molar-refractivity contribution in [3.8, 4) is 22.1 Å². The molecule has 0 N–H and O–H groups in total. The summed E-state index contributed by atoms with van der Waals surface area (Å²) in [7, 11) is 1.66. The van der Waals surface area contributed by atoms with E-state index < -0.39 is 9.05 Å². The van der Waals surface area contributed by atoms with Crippen molar-refractivity contribution in [2.24, 2.45) is 0 Å². The number of benzene rings is 2. The molecule has 0 aliphatic heterocycles. The fraction of sp³-hybridized carbons (Fsp3) is 0.167. The monoisotopic (exact) mass is 393 g/mol. The van der Waals surface area contributed by atoms with Crippen LogP contribution in [-0.2, 0) is 9.05 Å². The molecule has 7 heteroatoms. The van der Waals surface area contributed by atoms with E-state index in [-0.39, 0.29) is 4.21 Å². The molecular weight excluding hydrogens is 378 g/mol. The van der Waals surface area contributed by atoms with Crippen molar-refractivity contribution < 1.29 is 13.2 Å². The predicted octanol–water partition coefficient (Wildman–Crippen LogP) is 5.46. The van der Waals surface area contributed by atoms with Crippen molar-refractivity contribution in [3.05, 3.63) is 59.3 Å². The maximum absolute atomic E-state index is 11.5. The lowest BCUT2D eigenvalue weighted by Crippen LogP contribution is -1.89. The van der Waals surface area contributed by atoms with E-state index in [4.69, 9.17) is 15.4 Å². The molecule has 0 amide bonds. The highest BCUT2D eigenvalue weighted by Gasteiger charge is 2.19. The van der Waals surface area contributed by atoms with Gasteiger partial charge >= 0.3 is 0 Å². The second-order valence-corrected chi connectivity index (χ2v) is 9.49. The Morgan fingerprint density at radius 2 is 1.72 bits per heavy atom. The minimum Gasteiger partial charge on any atom is -0.457 e. The van der Waals surface area contributed by atoms with Crippen molar-refractivity contribution >= 4 is 31.1 Å². The summed E-state index contributed by atoms with van der Waals surface area (Å²) in [5.74, 6) is 1.52. The Kier molecular flexibility index (Phi) is 4.86. The van der Waals surface area contributed by atoms with Crippen molar-refractivity contribution in [1.82, 2.24) is 4.98 Å². The van der Waals surface area contributed by atoms with Crippen molar-refractivity contribution in [1.29, 1.82) is 0 Å². The second kappa shape index (κ2) is 6.78. The molecule has 0 aliphatic rings. The third-order valence-corrected chi connectivity index (χ3v) is 7.03. The first-order chi connectivity index (χ1) is 11.7. The van der Waals surface area contributed by atoms with E-state index >= 15 is 0 Å². The summed E-state index contributed by atoms with van der Waals surface area (Å²) in [6, 6.07) is 13.4. The van der Waals surface area contributed by atoms with Gasteiger partial charge in [-0.2, -0.15) is 0 Å². The Bertz CT molecular complexity index is 1020. The summed E-state index contributed by atoms with van der Waals surface area (Å²) in [6.45, 7) is 5.64. The van der Waals surface area contributed by atoms with Gasteiger partial charge in [-0.3, -0.25) is 0 Å². The Labute approximate surface area is 155 Å². The largest absolute Gasteiger partial charge is 0.457 e. The van der Waals surface area contributed by atoms with Crippen LogP contribution in [0.3, 0.4) is 0 Å². The van der Waals surface area contributed by atoms with Crippen LogP contribution in [0, 0.1) is 20.8 Å². The Morgan fingerprint density at radius 1 is 1.04 bits per heavy atom. The molecule has 0 radical (unpaired) electrons.